The van der Waals surface area contributed by atoms with Gasteiger partial charge >= 0.3 is 5.97 Å². The minimum atomic E-state index is -0.662. The van der Waals surface area contributed by atoms with Crippen LogP contribution in [0.15, 0.2) is 24.3 Å². The lowest BCUT2D eigenvalue weighted by atomic mass is 10.0. The van der Waals surface area contributed by atoms with Crippen molar-refractivity contribution < 1.29 is 24.5 Å². The monoisotopic (exact) mass is 1250 g/mol. The zero-order valence-corrected chi connectivity index (χ0v) is 60.7. The van der Waals surface area contributed by atoms with E-state index in [1.54, 1.807) is 0 Å². The lowest BCUT2D eigenvalue weighted by Crippen LogP contribution is -2.45. The summed E-state index contributed by atoms with van der Waals surface area (Å²) >= 11 is 0. The van der Waals surface area contributed by atoms with Crippen molar-refractivity contribution in [3.05, 3.63) is 24.3 Å². The Morgan fingerprint density at radius 2 is 0.562 bits per heavy atom. The predicted octanol–water partition coefficient (Wildman–Crippen LogP) is 27.2. The van der Waals surface area contributed by atoms with Gasteiger partial charge in [-0.25, -0.2) is 0 Å². The second kappa shape index (κ2) is 78.8. The number of carbonyl (C=O) groups is 2. The van der Waals surface area contributed by atoms with Gasteiger partial charge in [0.05, 0.1) is 25.4 Å². The molecule has 89 heavy (non-hydrogen) atoms. The second-order valence-corrected chi connectivity index (χ2v) is 28.5. The van der Waals surface area contributed by atoms with Crippen molar-refractivity contribution in [3.8, 4) is 0 Å². The topological polar surface area (TPSA) is 95.9 Å². The minimum Gasteiger partial charge on any atom is -0.466 e. The largest absolute Gasteiger partial charge is 0.466 e. The van der Waals surface area contributed by atoms with E-state index in [0.717, 1.165) is 51.4 Å². The van der Waals surface area contributed by atoms with Gasteiger partial charge in [-0.3, -0.25) is 9.59 Å². The summed E-state index contributed by atoms with van der Waals surface area (Å²) in [5.74, 6) is -0.0150. The van der Waals surface area contributed by atoms with Crippen molar-refractivity contribution in [2.75, 3.05) is 13.2 Å². The van der Waals surface area contributed by atoms with Crippen molar-refractivity contribution in [3.63, 3.8) is 0 Å². The molecule has 1 amide bonds. The van der Waals surface area contributed by atoms with E-state index in [9.17, 15) is 19.8 Å². The van der Waals surface area contributed by atoms with E-state index in [2.05, 4.69) is 43.5 Å². The number of rotatable bonds is 78. The fourth-order valence-corrected chi connectivity index (χ4v) is 13.3. The van der Waals surface area contributed by atoms with Crippen LogP contribution in [0.2, 0.25) is 0 Å². The van der Waals surface area contributed by atoms with Crippen molar-refractivity contribution in [2.24, 2.45) is 0 Å². The van der Waals surface area contributed by atoms with E-state index in [0.29, 0.717) is 25.9 Å². The summed E-state index contributed by atoms with van der Waals surface area (Å²) in [4.78, 5) is 24.7. The maximum absolute atomic E-state index is 12.6. The van der Waals surface area contributed by atoms with Gasteiger partial charge in [-0.15, -0.1) is 0 Å². The molecule has 528 valence electrons. The van der Waals surface area contributed by atoms with Crippen LogP contribution in [0.5, 0.6) is 0 Å². The molecule has 0 aliphatic carbocycles. The van der Waals surface area contributed by atoms with Crippen molar-refractivity contribution >= 4 is 11.9 Å². The highest BCUT2D eigenvalue weighted by Gasteiger charge is 2.20. The number of hydrogen-bond acceptors (Lipinski definition) is 5. The average molecular weight is 1250 g/mol. The summed E-state index contributed by atoms with van der Waals surface area (Å²) in [5.41, 5.74) is 0. The van der Waals surface area contributed by atoms with Crippen LogP contribution < -0.4 is 5.32 Å². The summed E-state index contributed by atoms with van der Waals surface area (Å²) in [7, 11) is 0. The van der Waals surface area contributed by atoms with Gasteiger partial charge in [0.25, 0.3) is 0 Å². The highest BCUT2D eigenvalue weighted by molar-refractivity contribution is 5.76. The molecule has 0 saturated heterocycles. The molecule has 0 bridgehead atoms. The molecule has 0 fully saturated rings. The van der Waals surface area contributed by atoms with Gasteiger partial charge in [0.15, 0.2) is 0 Å². The molecule has 0 spiro atoms. The molecule has 0 rings (SSSR count). The number of esters is 1. The zero-order valence-electron chi connectivity index (χ0n) is 60.7. The van der Waals surface area contributed by atoms with E-state index in [4.69, 9.17) is 4.74 Å². The SMILES string of the molecule is CCCCCC/C=C\C/C=C\CCCCCCCC(=O)OCCCCCCCCCCCCCCCCCCCCCCCCCCCCCCCCCCCC(=O)NC(CO)C(O)CCCCCCCCCCCCCCCCCCCCCCCCC. The Labute approximate surface area is 558 Å². The van der Waals surface area contributed by atoms with Crippen LogP contribution in [0.3, 0.4) is 0 Å². The molecule has 2 atom stereocenters. The first-order valence-corrected chi connectivity index (χ1v) is 41.1. The Morgan fingerprint density at radius 3 is 0.865 bits per heavy atom. The van der Waals surface area contributed by atoms with Crippen LogP contribution in [0.1, 0.15) is 470 Å². The lowest BCUT2D eigenvalue weighted by Gasteiger charge is -2.22. The zero-order chi connectivity index (χ0) is 64.2. The summed E-state index contributed by atoms with van der Waals surface area (Å²) in [6.45, 7) is 4.99. The summed E-state index contributed by atoms with van der Waals surface area (Å²) in [5, 5.41) is 23.5. The average Bonchev–Trinajstić information content (AvgIpc) is 3.64. The molecule has 0 radical (unpaired) electrons. The minimum absolute atomic E-state index is 0.00927. The molecule has 2 unspecified atom stereocenters. The third-order valence-corrected chi connectivity index (χ3v) is 19.5. The molecule has 6 heteroatoms. The van der Waals surface area contributed by atoms with Gasteiger partial charge < -0.3 is 20.3 Å². The standard InChI is InChI=1S/C83H161NO5/c1-3-5-7-9-11-13-15-17-19-21-22-23-35-38-41-44-47-51-55-59-63-67-71-75-81(86)80(79-85)84-82(87)76-72-68-64-60-56-52-48-45-42-39-36-33-31-29-27-25-24-26-28-30-32-34-37-40-43-46-50-54-58-62-66-70-74-78-89-83(88)77-73-69-65-61-57-53-49-20-18-16-14-12-10-8-6-4-2/h14,16,20,49,80-81,85-86H,3-13,15,17-19,21-48,50-79H2,1-2H3,(H,84,87)/b16-14-,49-20-. The quantitative estimate of drug-likeness (QED) is 0.0320. The Bertz CT molecular complexity index is 1400. The molecule has 0 aromatic rings. The Morgan fingerprint density at radius 1 is 0.315 bits per heavy atom. The number of aliphatic hydroxyl groups is 2. The molecule has 0 aliphatic heterocycles. The second-order valence-electron chi connectivity index (χ2n) is 28.5. The summed E-state index contributed by atoms with van der Waals surface area (Å²) in [6, 6.07) is -0.539. The van der Waals surface area contributed by atoms with Gasteiger partial charge in [-0.1, -0.05) is 423 Å². The Balaban J connectivity index is 3.32. The number of unbranched alkanes of at least 4 members (excludes halogenated alkanes) is 63. The molecule has 6 nitrogen and oxygen atoms in total. The highest BCUT2D eigenvalue weighted by Crippen LogP contribution is 2.21. The Hall–Kier alpha value is -1.66. The van der Waals surface area contributed by atoms with Crippen LogP contribution >= 0.6 is 0 Å². The number of hydrogen-bond donors (Lipinski definition) is 3. The summed E-state index contributed by atoms with van der Waals surface area (Å²) < 4.78 is 5.50. The lowest BCUT2D eigenvalue weighted by molar-refractivity contribution is -0.143. The van der Waals surface area contributed by atoms with E-state index in [1.165, 1.54) is 385 Å². The van der Waals surface area contributed by atoms with Crippen LogP contribution in [-0.4, -0.2) is 47.4 Å². The normalized spacial score (nSPS) is 12.5. The molecule has 3 N–H and O–H groups in total. The first kappa shape index (κ1) is 87.3. The van der Waals surface area contributed by atoms with Gasteiger partial charge in [0.1, 0.15) is 0 Å². The Kier molecular flexibility index (Phi) is 77.3. The molecule has 0 aliphatic rings. The number of nitrogens with one attached hydrogen (secondary N) is 1. The van der Waals surface area contributed by atoms with Crippen molar-refractivity contribution in [2.45, 2.75) is 482 Å². The highest BCUT2D eigenvalue weighted by atomic mass is 16.5. The first-order chi connectivity index (χ1) is 44.0. The van der Waals surface area contributed by atoms with Crippen LogP contribution in [0.25, 0.3) is 0 Å². The van der Waals surface area contributed by atoms with E-state index >= 15 is 0 Å². The fraction of sp³-hybridized carbons (Fsp3) is 0.928. The number of carbonyl (C=O) groups excluding carboxylic acids is 2. The number of allylic oxidation sites excluding steroid dienone is 4. The number of amides is 1. The van der Waals surface area contributed by atoms with Gasteiger partial charge in [-0.2, -0.15) is 0 Å². The van der Waals surface area contributed by atoms with E-state index in [1.807, 2.05) is 0 Å². The van der Waals surface area contributed by atoms with Gasteiger partial charge in [0.2, 0.25) is 5.91 Å². The number of ether oxygens (including phenoxy) is 1. The molecular weight excluding hydrogens is 1090 g/mol. The summed E-state index contributed by atoms with van der Waals surface area (Å²) in [6.07, 6.45) is 101. The van der Waals surface area contributed by atoms with Crippen LogP contribution in [0.4, 0.5) is 0 Å². The first-order valence-electron chi connectivity index (χ1n) is 41.1. The molecular formula is C83H161NO5. The maximum Gasteiger partial charge on any atom is 0.305 e. The smallest absolute Gasteiger partial charge is 0.305 e. The number of aliphatic hydroxyl groups excluding tert-OH is 2. The van der Waals surface area contributed by atoms with E-state index < -0.39 is 12.1 Å². The maximum atomic E-state index is 12.6. The molecule has 0 heterocycles. The third kappa shape index (κ3) is 75.3. The molecule has 0 aromatic carbocycles. The van der Waals surface area contributed by atoms with Crippen LogP contribution in [0, 0.1) is 0 Å². The molecule has 0 aromatic heterocycles. The van der Waals surface area contributed by atoms with E-state index in [-0.39, 0.29) is 18.5 Å². The predicted molar refractivity (Wildman–Crippen MR) is 393 cm³/mol. The van der Waals surface area contributed by atoms with Crippen LogP contribution in [-0.2, 0) is 14.3 Å². The third-order valence-electron chi connectivity index (χ3n) is 19.5. The fourth-order valence-electron chi connectivity index (χ4n) is 13.3. The van der Waals surface area contributed by atoms with Crippen molar-refractivity contribution in [1.29, 1.82) is 0 Å². The van der Waals surface area contributed by atoms with Gasteiger partial charge in [0, 0.05) is 12.8 Å². The van der Waals surface area contributed by atoms with Gasteiger partial charge in [-0.05, 0) is 57.8 Å². The molecule has 0 saturated carbocycles. The van der Waals surface area contributed by atoms with Crippen molar-refractivity contribution in [1.82, 2.24) is 5.32 Å².